The highest BCUT2D eigenvalue weighted by Crippen LogP contribution is 2.56. The van der Waals surface area contributed by atoms with Crippen molar-refractivity contribution >= 4 is 0 Å². The maximum Gasteiger partial charge on any atom is 0.204 e. The van der Waals surface area contributed by atoms with Gasteiger partial charge in [-0.05, 0) is 43.2 Å². The van der Waals surface area contributed by atoms with E-state index in [1.165, 1.54) is 0 Å². The second-order valence-electron chi connectivity index (χ2n) is 7.69. The first-order chi connectivity index (χ1) is 14.6. The molecule has 0 amide bonds. The number of hydrogen-bond acceptors (Lipinski definition) is 6. The fraction of sp³-hybridized carbons (Fsp3) is 0.458. The van der Waals surface area contributed by atoms with Gasteiger partial charge >= 0.3 is 0 Å². The quantitative estimate of drug-likeness (QED) is 0.554. The van der Waals surface area contributed by atoms with Gasteiger partial charge < -0.3 is 15.2 Å². The number of rotatable bonds is 6. The van der Waals surface area contributed by atoms with E-state index in [-0.39, 0.29) is 23.1 Å². The molecule has 2 aliphatic rings. The molecule has 154 valence electrons. The van der Waals surface area contributed by atoms with Crippen molar-refractivity contribution in [2.24, 2.45) is 17.1 Å². The maximum absolute atomic E-state index is 10.0. The predicted octanol–water partition coefficient (Wildman–Crippen LogP) is 4.47. The van der Waals surface area contributed by atoms with Gasteiger partial charge in [-0.2, -0.15) is 15.8 Å². The Balaban J connectivity index is 2.23. The van der Waals surface area contributed by atoms with E-state index >= 15 is 0 Å². The number of nitrogens with two attached hydrogens (primary N) is 1. The van der Waals surface area contributed by atoms with Crippen molar-refractivity contribution in [3.63, 3.8) is 0 Å². The number of fused-ring (bicyclic) bond motifs is 1. The van der Waals surface area contributed by atoms with Gasteiger partial charge in [0.05, 0.1) is 43.2 Å². The molecule has 2 atom stereocenters. The van der Waals surface area contributed by atoms with Gasteiger partial charge in [0.25, 0.3) is 0 Å². The Morgan fingerprint density at radius 1 is 1.23 bits per heavy atom. The van der Waals surface area contributed by atoms with Gasteiger partial charge in [-0.25, -0.2) is 0 Å². The van der Waals surface area contributed by atoms with E-state index in [9.17, 15) is 15.8 Å². The van der Waals surface area contributed by atoms with Crippen LogP contribution in [0.4, 0.5) is 0 Å². The minimum atomic E-state index is -1.58. The Hall–Kier alpha value is -3.43. The summed E-state index contributed by atoms with van der Waals surface area (Å²) in [7, 11) is 1.60. The van der Waals surface area contributed by atoms with E-state index < -0.39 is 5.41 Å². The fourth-order valence-electron chi connectivity index (χ4n) is 4.53. The molecule has 0 saturated heterocycles. The van der Waals surface area contributed by atoms with Crippen molar-refractivity contribution in [3.8, 4) is 29.7 Å². The first-order valence-electron chi connectivity index (χ1n) is 10.3. The van der Waals surface area contributed by atoms with Crippen LogP contribution in [0.25, 0.3) is 0 Å². The molecule has 1 aromatic rings. The lowest BCUT2D eigenvalue weighted by molar-refractivity contribution is 0.297. The van der Waals surface area contributed by atoms with Gasteiger partial charge in [0.2, 0.25) is 5.41 Å². The molecule has 0 radical (unpaired) electrons. The molecule has 6 nitrogen and oxygen atoms in total. The number of hydrogen-bond donors (Lipinski definition) is 1. The molecular weight excluding hydrogens is 376 g/mol. The van der Waals surface area contributed by atoms with Crippen LogP contribution in [0.15, 0.2) is 41.1 Å². The average molecular weight is 402 g/mol. The molecule has 1 aromatic carbocycles. The number of ether oxygens (including phenoxy) is 2. The monoisotopic (exact) mass is 402 g/mol. The zero-order valence-electron chi connectivity index (χ0n) is 17.4. The number of nitriles is 3. The van der Waals surface area contributed by atoms with Crippen LogP contribution < -0.4 is 15.2 Å². The van der Waals surface area contributed by atoms with Crippen LogP contribution in [0.5, 0.6) is 11.5 Å². The summed E-state index contributed by atoms with van der Waals surface area (Å²) in [6.07, 6.45) is 6.38. The lowest BCUT2D eigenvalue weighted by Gasteiger charge is -2.42. The van der Waals surface area contributed by atoms with Crippen LogP contribution in [0.2, 0.25) is 0 Å². The van der Waals surface area contributed by atoms with Crippen LogP contribution in [0.3, 0.4) is 0 Å². The molecule has 0 fully saturated rings. The first kappa shape index (κ1) is 21.3. The summed E-state index contributed by atoms with van der Waals surface area (Å²) in [5, 5.41) is 29.8. The second kappa shape index (κ2) is 8.93. The summed E-state index contributed by atoms with van der Waals surface area (Å²) >= 11 is 0. The Bertz CT molecular complexity index is 990. The Kier molecular flexibility index (Phi) is 6.34. The fourth-order valence-corrected chi connectivity index (χ4v) is 4.53. The Labute approximate surface area is 177 Å². The minimum Gasteiger partial charge on any atom is -0.497 e. The second-order valence-corrected chi connectivity index (χ2v) is 7.69. The highest BCUT2D eigenvalue weighted by Gasteiger charge is 2.52. The summed E-state index contributed by atoms with van der Waals surface area (Å²) in [6.45, 7) is 2.65. The molecule has 0 aliphatic heterocycles. The van der Waals surface area contributed by atoms with Crippen LogP contribution in [0.1, 0.15) is 50.5 Å². The lowest BCUT2D eigenvalue weighted by atomic mass is 9.58. The topological polar surface area (TPSA) is 116 Å². The van der Waals surface area contributed by atoms with Gasteiger partial charge in [0.1, 0.15) is 11.5 Å². The van der Waals surface area contributed by atoms with Crippen LogP contribution in [-0.2, 0) is 0 Å². The molecule has 0 unspecified atom stereocenters. The third-order valence-electron chi connectivity index (χ3n) is 6.09. The number of benzene rings is 1. The molecule has 0 heterocycles. The summed E-state index contributed by atoms with van der Waals surface area (Å²) in [6, 6.07) is 12.0. The van der Waals surface area contributed by atoms with E-state index in [2.05, 4.69) is 25.1 Å². The van der Waals surface area contributed by atoms with Crippen molar-refractivity contribution in [3.05, 3.63) is 46.7 Å². The van der Waals surface area contributed by atoms with E-state index in [1.54, 1.807) is 7.11 Å². The Morgan fingerprint density at radius 2 is 2.00 bits per heavy atom. The molecule has 2 aliphatic carbocycles. The molecule has 30 heavy (non-hydrogen) atoms. The van der Waals surface area contributed by atoms with Crippen molar-refractivity contribution < 1.29 is 9.47 Å². The number of nitrogens with zero attached hydrogens (tertiary/aromatic N) is 3. The zero-order chi connectivity index (χ0) is 21.7. The van der Waals surface area contributed by atoms with Gasteiger partial charge in [0.15, 0.2) is 0 Å². The summed E-state index contributed by atoms with van der Waals surface area (Å²) in [5.41, 5.74) is 6.66. The van der Waals surface area contributed by atoms with E-state index in [4.69, 9.17) is 15.2 Å². The third kappa shape index (κ3) is 3.38. The molecule has 0 aromatic heterocycles. The molecule has 0 bridgehead atoms. The number of unbranched alkanes of at least 4 members (excludes halogenated alkanes) is 1. The maximum atomic E-state index is 10.0. The summed E-state index contributed by atoms with van der Waals surface area (Å²) < 4.78 is 11.5. The Morgan fingerprint density at radius 3 is 2.63 bits per heavy atom. The average Bonchev–Trinajstić information content (AvgIpc) is 2.79. The summed E-state index contributed by atoms with van der Waals surface area (Å²) in [4.78, 5) is 0. The molecule has 3 rings (SSSR count). The molecule has 2 N–H and O–H groups in total. The minimum absolute atomic E-state index is 0.0414. The van der Waals surface area contributed by atoms with Crippen molar-refractivity contribution in [1.29, 1.82) is 15.8 Å². The normalized spacial score (nSPS) is 22.0. The summed E-state index contributed by atoms with van der Waals surface area (Å²) in [5.74, 6) is 0.805. The standard InChI is InChI=1S/C24H26N4O2/c1-3-4-11-30-21-12-16(29-2)9-10-18(21)22-17-7-5-6-8-20(17)24(14-26,15-27)23(28)19(22)13-25/h8-10,12,17,22H,3-7,11,28H2,1-2H3/t17-,22+/m0/s1. The van der Waals surface area contributed by atoms with Gasteiger partial charge in [0, 0.05) is 17.5 Å². The smallest absolute Gasteiger partial charge is 0.204 e. The first-order valence-corrected chi connectivity index (χ1v) is 10.3. The van der Waals surface area contributed by atoms with Crippen LogP contribution >= 0.6 is 0 Å². The van der Waals surface area contributed by atoms with E-state index in [0.717, 1.165) is 43.2 Å². The van der Waals surface area contributed by atoms with E-state index in [0.29, 0.717) is 18.1 Å². The zero-order valence-corrected chi connectivity index (χ0v) is 17.4. The lowest BCUT2D eigenvalue weighted by Crippen LogP contribution is -2.40. The van der Waals surface area contributed by atoms with Gasteiger partial charge in [-0.3, -0.25) is 0 Å². The van der Waals surface area contributed by atoms with Gasteiger partial charge in [-0.1, -0.05) is 25.5 Å². The molecule has 0 saturated carbocycles. The van der Waals surface area contributed by atoms with E-state index in [1.807, 2.05) is 24.3 Å². The van der Waals surface area contributed by atoms with Crippen molar-refractivity contribution in [2.45, 2.75) is 44.9 Å². The third-order valence-corrected chi connectivity index (χ3v) is 6.09. The molecule has 0 spiro atoms. The van der Waals surface area contributed by atoms with Crippen LogP contribution in [-0.4, -0.2) is 13.7 Å². The predicted molar refractivity (Wildman–Crippen MR) is 112 cm³/mol. The van der Waals surface area contributed by atoms with Crippen molar-refractivity contribution in [1.82, 2.24) is 0 Å². The molecule has 6 heteroatoms. The molecular formula is C24H26N4O2. The number of methoxy groups -OCH3 is 1. The highest BCUT2D eigenvalue weighted by molar-refractivity contribution is 5.60. The largest absolute Gasteiger partial charge is 0.497 e. The van der Waals surface area contributed by atoms with Gasteiger partial charge in [-0.15, -0.1) is 0 Å². The van der Waals surface area contributed by atoms with Crippen molar-refractivity contribution in [2.75, 3.05) is 13.7 Å². The highest BCUT2D eigenvalue weighted by atomic mass is 16.5. The van der Waals surface area contributed by atoms with Crippen LogP contribution in [0, 0.1) is 45.3 Å². The SMILES string of the molecule is CCCCOc1cc(OC)ccc1[C@@H]1C(C#N)=C(N)C(C#N)(C#N)C2=CCCC[C@@H]21. The number of allylic oxidation sites excluding steroid dienone is 3.